The normalized spacial score (nSPS) is 12.4. The van der Waals surface area contributed by atoms with Crippen LogP contribution in [0.15, 0.2) is 30.3 Å². The highest BCUT2D eigenvalue weighted by molar-refractivity contribution is 5.26. The number of aryl methyl sites for hydroxylation is 3. The molecule has 0 aliphatic carbocycles. The van der Waals surface area contributed by atoms with E-state index in [4.69, 9.17) is 4.74 Å². The number of aliphatic hydroxyl groups excluding tert-OH is 1. The van der Waals surface area contributed by atoms with Crippen LogP contribution in [0.25, 0.3) is 0 Å². The van der Waals surface area contributed by atoms with Gasteiger partial charge in [-0.05, 0) is 39.0 Å². The fourth-order valence-electron chi connectivity index (χ4n) is 1.94. The lowest BCUT2D eigenvalue weighted by Gasteiger charge is -2.13. The number of hydrogen-bond acceptors (Lipinski definition) is 3. The number of nitrogens with zero attached hydrogens (tertiary/aromatic N) is 2. The third kappa shape index (κ3) is 3.83. The number of hydrogen-bond donors (Lipinski definition) is 1. The van der Waals surface area contributed by atoms with E-state index >= 15 is 0 Å². The fraction of sp³-hybridized carbons (Fsp3) is 0.400. The quantitative estimate of drug-likeness (QED) is 0.897. The Kier molecular flexibility index (Phi) is 4.22. The molecule has 0 saturated heterocycles. The van der Waals surface area contributed by atoms with Crippen LogP contribution in [-0.2, 0) is 6.54 Å². The molecule has 0 radical (unpaired) electrons. The van der Waals surface area contributed by atoms with Gasteiger partial charge in [-0.2, -0.15) is 5.10 Å². The summed E-state index contributed by atoms with van der Waals surface area (Å²) in [6, 6.07) is 9.79. The molecule has 0 spiro atoms. The molecule has 4 nitrogen and oxygen atoms in total. The van der Waals surface area contributed by atoms with Gasteiger partial charge in [0.1, 0.15) is 18.5 Å². The van der Waals surface area contributed by atoms with Crippen molar-refractivity contribution in [2.24, 2.45) is 0 Å². The van der Waals surface area contributed by atoms with Crippen molar-refractivity contribution in [3.63, 3.8) is 0 Å². The summed E-state index contributed by atoms with van der Waals surface area (Å²) >= 11 is 0. The highest BCUT2D eigenvalue weighted by Gasteiger charge is 2.09. The summed E-state index contributed by atoms with van der Waals surface area (Å²) in [5.41, 5.74) is 3.20. The molecule has 1 heterocycles. The van der Waals surface area contributed by atoms with Gasteiger partial charge >= 0.3 is 0 Å². The van der Waals surface area contributed by atoms with E-state index in [1.165, 1.54) is 5.56 Å². The summed E-state index contributed by atoms with van der Waals surface area (Å²) in [5.74, 6) is 0.776. The molecule has 1 atom stereocenters. The van der Waals surface area contributed by atoms with Gasteiger partial charge in [-0.3, -0.25) is 4.68 Å². The maximum Gasteiger partial charge on any atom is 0.119 e. The van der Waals surface area contributed by atoms with Crippen molar-refractivity contribution in [2.45, 2.75) is 33.4 Å². The smallest absolute Gasteiger partial charge is 0.119 e. The molecule has 0 amide bonds. The highest BCUT2D eigenvalue weighted by atomic mass is 16.5. The lowest BCUT2D eigenvalue weighted by molar-refractivity contribution is 0.0887. The van der Waals surface area contributed by atoms with Gasteiger partial charge in [-0.15, -0.1) is 0 Å². The number of ether oxygens (including phenoxy) is 1. The largest absolute Gasteiger partial charge is 0.491 e. The molecule has 0 bridgehead atoms. The van der Waals surface area contributed by atoms with Crippen molar-refractivity contribution in [3.8, 4) is 5.75 Å². The first-order valence-electron chi connectivity index (χ1n) is 6.43. The van der Waals surface area contributed by atoms with E-state index < -0.39 is 6.10 Å². The van der Waals surface area contributed by atoms with Crippen LogP contribution in [0.3, 0.4) is 0 Å². The summed E-state index contributed by atoms with van der Waals surface area (Å²) in [7, 11) is 0. The van der Waals surface area contributed by atoms with Gasteiger partial charge in [-0.1, -0.05) is 17.7 Å². The zero-order valence-electron chi connectivity index (χ0n) is 11.6. The van der Waals surface area contributed by atoms with Crippen LogP contribution in [0.4, 0.5) is 0 Å². The highest BCUT2D eigenvalue weighted by Crippen LogP contribution is 2.12. The van der Waals surface area contributed by atoms with Crippen molar-refractivity contribution in [2.75, 3.05) is 6.61 Å². The second kappa shape index (κ2) is 5.89. The van der Waals surface area contributed by atoms with Crippen LogP contribution in [0.1, 0.15) is 17.0 Å². The van der Waals surface area contributed by atoms with Crippen LogP contribution in [-0.4, -0.2) is 27.6 Å². The van der Waals surface area contributed by atoms with Crippen LogP contribution in [0.2, 0.25) is 0 Å². The first kappa shape index (κ1) is 13.6. The Morgan fingerprint density at radius 1 is 1.21 bits per heavy atom. The number of aromatic nitrogens is 2. The minimum atomic E-state index is -0.570. The topological polar surface area (TPSA) is 47.3 Å². The summed E-state index contributed by atoms with van der Waals surface area (Å²) in [6.07, 6.45) is -0.570. The number of rotatable bonds is 5. The van der Waals surface area contributed by atoms with E-state index in [9.17, 15) is 5.11 Å². The fourth-order valence-corrected chi connectivity index (χ4v) is 1.94. The van der Waals surface area contributed by atoms with Crippen molar-refractivity contribution in [1.82, 2.24) is 9.78 Å². The van der Waals surface area contributed by atoms with Gasteiger partial charge in [0, 0.05) is 5.69 Å². The lowest BCUT2D eigenvalue weighted by Crippen LogP contribution is -2.24. The Hall–Kier alpha value is -1.81. The molecule has 102 valence electrons. The van der Waals surface area contributed by atoms with Crippen LogP contribution >= 0.6 is 0 Å². The number of benzene rings is 1. The Morgan fingerprint density at radius 2 is 1.89 bits per heavy atom. The molecule has 19 heavy (non-hydrogen) atoms. The molecule has 1 aromatic carbocycles. The molecule has 0 aliphatic rings. The zero-order chi connectivity index (χ0) is 13.8. The average Bonchev–Trinajstić information content (AvgIpc) is 2.67. The minimum Gasteiger partial charge on any atom is -0.491 e. The monoisotopic (exact) mass is 260 g/mol. The lowest BCUT2D eigenvalue weighted by atomic mass is 10.2. The Bertz CT molecular complexity index is 532. The Balaban J connectivity index is 1.86. The minimum absolute atomic E-state index is 0.265. The molecule has 4 heteroatoms. The van der Waals surface area contributed by atoms with Crippen molar-refractivity contribution in [3.05, 3.63) is 47.3 Å². The molecule has 0 unspecified atom stereocenters. The molecule has 2 rings (SSSR count). The Morgan fingerprint density at radius 3 is 2.47 bits per heavy atom. The maximum atomic E-state index is 9.97. The maximum absolute atomic E-state index is 9.97. The summed E-state index contributed by atoms with van der Waals surface area (Å²) in [5, 5.41) is 14.3. The molecule has 1 aromatic heterocycles. The van der Waals surface area contributed by atoms with E-state index in [2.05, 4.69) is 5.10 Å². The van der Waals surface area contributed by atoms with E-state index in [-0.39, 0.29) is 6.61 Å². The first-order valence-corrected chi connectivity index (χ1v) is 6.43. The van der Waals surface area contributed by atoms with Gasteiger partial charge in [0.25, 0.3) is 0 Å². The van der Waals surface area contributed by atoms with Gasteiger partial charge in [-0.25, -0.2) is 0 Å². The summed E-state index contributed by atoms with van der Waals surface area (Å²) in [6.45, 7) is 6.67. The van der Waals surface area contributed by atoms with Crippen molar-refractivity contribution >= 4 is 0 Å². The third-order valence-electron chi connectivity index (χ3n) is 2.95. The summed E-state index contributed by atoms with van der Waals surface area (Å²) in [4.78, 5) is 0. The van der Waals surface area contributed by atoms with Gasteiger partial charge in [0.2, 0.25) is 0 Å². The number of aliphatic hydroxyl groups is 1. The second-order valence-corrected chi connectivity index (χ2v) is 4.89. The SMILES string of the molecule is Cc1ccc(OC[C@@H](O)Cn2nc(C)cc2C)cc1. The molecule has 0 fully saturated rings. The van der Waals surface area contributed by atoms with Crippen LogP contribution < -0.4 is 4.74 Å². The summed E-state index contributed by atoms with van der Waals surface area (Å²) < 4.78 is 7.35. The van der Waals surface area contributed by atoms with Crippen LogP contribution in [0, 0.1) is 20.8 Å². The molecule has 0 saturated carbocycles. The molecular weight excluding hydrogens is 240 g/mol. The molecule has 2 aromatic rings. The first-order chi connectivity index (χ1) is 9.04. The van der Waals surface area contributed by atoms with E-state index in [1.54, 1.807) is 4.68 Å². The Labute approximate surface area is 113 Å². The standard InChI is InChI=1S/C15H20N2O2/c1-11-4-6-15(7-5-11)19-10-14(18)9-17-13(3)8-12(2)16-17/h4-8,14,18H,9-10H2,1-3H3/t14-/m0/s1. The predicted octanol–water partition coefficient (Wildman–Crippen LogP) is 2.25. The van der Waals surface area contributed by atoms with E-state index in [0.29, 0.717) is 6.54 Å². The van der Waals surface area contributed by atoms with Crippen molar-refractivity contribution < 1.29 is 9.84 Å². The van der Waals surface area contributed by atoms with Crippen LogP contribution in [0.5, 0.6) is 5.75 Å². The zero-order valence-corrected chi connectivity index (χ0v) is 11.6. The molecule has 0 aliphatic heterocycles. The predicted molar refractivity (Wildman–Crippen MR) is 74.4 cm³/mol. The van der Waals surface area contributed by atoms with Gasteiger partial charge in [0.05, 0.1) is 12.2 Å². The van der Waals surface area contributed by atoms with E-state index in [1.807, 2.05) is 51.1 Å². The third-order valence-corrected chi connectivity index (χ3v) is 2.95. The van der Waals surface area contributed by atoms with Gasteiger partial charge in [0.15, 0.2) is 0 Å². The van der Waals surface area contributed by atoms with Crippen molar-refractivity contribution in [1.29, 1.82) is 0 Å². The van der Waals surface area contributed by atoms with E-state index in [0.717, 1.165) is 17.1 Å². The van der Waals surface area contributed by atoms with Gasteiger partial charge < -0.3 is 9.84 Å². The molecule has 1 N–H and O–H groups in total. The second-order valence-electron chi connectivity index (χ2n) is 4.89. The molecular formula is C15H20N2O2. The average molecular weight is 260 g/mol.